The molecule has 2 aromatic rings. The van der Waals surface area contributed by atoms with Crippen LogP contribution in [0, 0.1) is 5.92 Å². The second-order valence-corrected chi connectivity index (χ2v) is 9.70. The monoisotopic (exact) mass is 485 g/mol. The summed E-state index contributed by atoms with van der Waals surface area (Å²) in [4.78, 5) is 27.2. The number of hydrogen-bond donors (Lipinski definition) is 2. The molecule has 0 spiro atoms. The summed E-state index contributed by atoms with van der Waals surface area (Å²) < 4.78 is 5.36. The van der Waals surface area contributed by atoms with E-state index in [0.717, 1.165) is 43.3 Å². The van der Waals surface area contributed by atoms with Gasteiger partial charge in [0.25, 0.3) is 11.8 Å². The van der Waals surface area contributed by atoms with Gasteiger partial charge in [-0.3, -0.25) is 14.5 Å². The molecule has 2 aliphatic rings. The fourth-order valence-electron chi connectivity index (χ4n) is 3.92. The lowest BCUT2D eigenvalue weighted by molar-refractivity contribution is -0.116. The Morgan fingerprint density at radius 3 is 2.42 bits per heavy atom. The lowest BCUT2D eigenvalue weighted by Gasteiger charge is -2.32. The molecule has 0 saturated carbocycles. The Kier molecular flexibility index (Phi) is 8.31. The minimum Gasteiger partial charge on any atom is -0.487 e. The molecule has 0 aliphatic carbocycles. The van der Waals surface area contributed by atoms with Gasteiger partial charge in [0.15, 0.2) is 5.76 Å². The quantitative estimate of drug-likeness (QED) is 0.603. The predicted octanol–water partition coefficient (Wildman–Crippen LogP) is 4.53. The molecular weight excluding hydrogens is 458 g/mol. The van der Waals surface area contributed by atoms with Gasteiger partial charge in [0.2, 0.25) is 0 Å². The van der Waals surface area contributed by atoms with E-state index in [9.17, 15) is 9.59 Å². The number of carbonyl (C=O) groups is 2. The molecule has 0 bridgehead atoms. The zero-order chi connectivity index (χ0) is 23.0. The number of halogens is 1. The molecule has 8 heteroatoms. The number of likely N-dealkylation sites (tertiary alicyclic amines) is 1. The second-order valence-electron chi connectivity index (χ2n) is 8.29. The summed E-state index contributed by atoms with van der Waals surface area (Å²) in [5.74, 6) is 1.29. The van der Waals surface area contributed by atoms with Gasteiger partial charge < -0.3 is 15.4 Å². The van der Waals surface area contributed by atoms with Crippen LogP contribution in [0.4, 0.5) is 5.69 Å². The molecule has 2 heterocycles. The van der Waals surface area contributed by atoms with Gasteiger partial charge in [-0.25, -0.2) is 0 Å². The maximum absolute atomic E-state index is 12.5. The lowest BCUT2D eigenvalue weighted by Crippen LogP contribution is -2.38. The lowest BCUT2D eigenvalue weighted by atomic mass is 9.96. The van der Waals surface area contributed by atoms with Crippen molar-refractivity contribution < 1.29 is 14.3 Å². The summed E-state index contributed by atoms with van der Waals surface area (Å²) in [5.41, 5.74) is 2.48. The summed E-state index contributed by atoms with van der Waals surface area (Å²) >= 11 is 7.52. The van der Waals surface area contributed by atoms with Gasteiger partial charge in [-0.1, -0.05) is 23.7 Å². The number of thioether (sulfide) groups is 1. The number of piperidine rings is 1. The number of rotatable bonds is 7. The van der Waals surface area contributed by atoms with Crippen molar-refractivity contribution in [2.75, 3.05) is 37.3 Å². The maximum Gasteiger partial charge on any atom is 0.291 e. The van der Waals surface area contributed by atoms with Crippen molar-refractivity contribution in [1.29, 1.82) is 0 Å². The summed E-state index contributed by atoms with van der Waals surface area (Å²) in [6.07, 6.45) is 2.13. The summed E-state index contributed by atoms with van der Waals surface area (Å²) in [7, 11) is 0. The molecule has 1 saturated heterocycles. The molecule has 4 rings (SSSR count). The van der Waals surface area contributed by atoms with Crippen molar-refractivity contribution in [1.82, 2.24) is 10.2 Å². The third-order valence-electron chi connectivity index (χ3n) is 5.86. The Balaban J connectivity index is 1.18. The Bertz CT molecular complexity index is 987. The summed E-state index contributed by atoms with van der Waals surface area (Å²) in [6, 6.07) is 14.9. The van der Waals surface area contributed by atoms with Crippen molar-refractivity contribution >= 4 is 40.9 Å². The van der Waals surface area contributed by atoms with Crippen LogP contribution >= 0.6 is 23.4 Å². The highest BCUT2D eigenvalue weighted by Crippen LogP contribution is 2.20. The maximum atomic E-state index is 12.5. The third-order valence-corrected chi connectivity index (χ3v) is 6.89. The van der Waals surface area contributed by atoms with Crippen LogP contribution in [0.5, 0.6) is 0 Å². The number of ether oxygens (including phenoxy) is 1. The van der Waals surface area contributed by atoms with Crippen molar-refractivity contribution in [2.45, 2.75) is 19.4 Å². The number of amides is 2. The molecule has 2 aromatic carbocycles. The van der Waals surface area contributed by atoms with E-state index < -0.39 is 0 Å². The number of benzene rings is 2. The van der Waals surface area contributed by atoms with Crippen molar-refractivity contribution in [3.05, 3.63) is 75.8 Å². The van der Waals surface area contributed by atoms with Crippen LogP contribution in [0.15, 0.2) is 59.7 Å². The number of nitrogens with one attached hydrogen (secondary N) is 2. The van der Waals surface area contributed by atoms with E-state index in [4.69, 9.17) is 16.3 Å². The smallest absolute Gasteiger partial charge is 0.291 e. The van der Waals surface area contributed by atoms with Crippen LogP contribution in [0.25, 0.3) is 0 Å². The molecule has 6 nitrogen and oxygen atoms in total. The molecule has 33 heavy (non-hydrogen) atoms. The molecule has 174 valence electrons. The third kappa shape index (κ3) is 7.00. The van der Waals surface area contributed by atoms with Crippen molar-refractivity contribution in [3.63, 3.8) is 0 Å². The number of carbonyl (C=O) groups excluding carboxylic acids is 2. The SMILES string of the molecule is O=C(Nc1ccc(C(=O)NCC2CCN(Cc3ccc(Cl)cc3)CC2)cc1)C1=CSCCO1. The standard InChI is InChI=1S/C25H28ClN3O3S/c26-21-5-1-19(2-6-21)16-29-11-9-18(10-12-29)15-27-24(30)20-3-7-22(8-4-20)28-25(31)23-17-33-14-13-32-23/h1-8,17-18H,9-16H2,(H,27,30)(H,28,31). The van der Waals surface area contributed by atoms with Crippen LogP contribution in [-0.2, 0) is 16.1 Å². The predicted molar refractivity (Wildman–Crippen MR) is 133 cm³/mol. The van der Waals surface area contributed by atoms with Gasteiger partial charge in [-0.2, -0.15) is 0 Å². The normalized spacial score (nSPS) is 17.1. The highest BCUT2D eigenvalue weighted by Gasteiger charge is 2.20. The molecule has 2 N–H and O–H groups in total. The highest BCUT2D eigenvalue weighted by atomic mass is 35.5. The van der Waals surface area contributed by atoms with Crippen LogP contribution in [0.2, 0.25) is 5.02 Å². The van der Waals surface area contributed by atoms with Crippen LogP contribution in [-0.4, -0.2) is 48.7 Å². The minimum atomic E-state index is -0.276. The average Bonchev–Trinajstić information content (AvgIpc) is 2.86. The van der Waals surface area contributed by atoms with Gasteiger partial charge in [0, 0.05) is 40.5 Å². The first-order valence-electron chi connectivity index (χ1n) is 11.2. The Morgan fingerprint density at radius 1 is 1.03 bits per heavy atom. The van der Waals surface area contributed by atoms with Crippen molar-refractivity contribution in [2.24, 2.45) is 5.92 Å². The van der Waals surface area contributed by atoms with E-state index >= 15 is 0 Å². The Hall–Kier alpha value is -2.48. The minimum absolute atomic E-state index is 0.0915. The molecule has 0 aromatic heterocycles. The zero-order valence-electron chi connectivity index (χ0n) is 18.4. The number of nitrogens with zero attached hydrogens (tertiary/aromatic N) is 1. The highest BCUT2D eigenvalue weighted by molar-refractivity contribution is 8.02. The van der Waals surface area contributed by atoms with Gasteiger partial charge in [0.05, 0.1) is 6.61 Å². The van der Waals surface area contributed by atoms with E-state index in [-0.39, 0.29) is 11.8 Å². The number of anilines is 1. The van der Waals surface area contributed by atoms with Crippen LogP contribution in [0.3, 0.4) is 0 Å². The average molecular weight is 486 g/mol. The molecule has 1 fully saturated rings. The molecule has 0 atom stereocenters. The van der Waals surface area contributed by atoms with Gasteiger partial charge in [-0.05, 0) is 73.8 Å². The Labute approximate surface area is 203 Å². The van der Waals surface area contributed by atoms with E-state index in [0.29, 0.717) is 36.1 Å². The number of hydrogen-bond acceptors (Lipinski definition) is 5. The van der Waals surface area contributed by atoms with Gasteiger partial charge in [0.1, 0.15) is 0 Å². The van der Waals surface area contributed by atoms with Crippen LogP contribution < -0.4 is 10.6 Å². The molecule has 0 unspecified atom stereocenters. The molecular formula is C25H28ClN3O3S. The first-order chi connectivity index (χ1) is 16.1. The van der Waals surface area contributed by atoms with Crippen LogP contribution in [0.1, 0.15) is 28.8 Å². The fourth-order valence-corrected chi connectivity index (χ4v) is 4.67. The summed E-state index contributed by atoms with van der Waals surface area (Å²) in [6.45, 7) is 4.19. The molecule has 0 radical (unpaired) electrons. The van der Waals surface area contributed by atoms with E-state index in [1.807, 2.05) is 12.1 Å². The first kappa shape index (κ1) is 23.7. The molecule has 2 amide bonds. The van der Waals surface area contributed by atoms with E-state index in [1.54, 1.807) is 41.4 Å². The van der Waals surface area contributed by atoms with Gasteiger partial charge >= 0.3 is 0 Å². The fraction of sp³-hybridized carbons (Fsp3) is 0.360. The Morgan fingerprint density at radius 2 is 1.76 bits per heavy atom. The summed E-state index contributed by atoms with van der Waals surface area (Å²) in [5, 5.41) is 8.34. The first-order valence-corrected chi connectivity index (χ1v) is 12.6. The largest absolute Gasteiger partial charge is 0.487 e. The van der Waals surface area contributed by atoms with Crippen molar-refractivity contribution in [3.8, 4) is 0 Å². The molecule has 2 aliphatic heterocycles. The van der Waals surface area contributed by atoms with E-state index in [1.165, 1.54) is 5.56 Å². The van der Waals surface area contributed by atoms with E-state index in [2.05, 4.69) is 27.7 Å². The zero-order valence-corrected chi connectivity index (χ0v) is 20.0. The topological polar surface area (TPSA) is 70.7 Å². The van der Waals surface area contributed by atoms with Gasteiger partial charge in [-0.15, -0.1) is 11.8 Å². The second kappa shape index (κ2) is 11.6.